The number of rotatable bonds is 10. The van der Waals surface area contributed by atoms with Crippen molar-refractivity contribution in [3.8, 4) is 17.2 Å². The molecule has 1 N–H and O–H groups in total. The molecule has 1 amide bonds. The molecule has 0 radical (unpaired) electrons. The van der Waals surface area contributed by atoms with Gasteiger partial charge in [0.25, 0.3) is 0 Å². The molecule has 0 aliphatic carbocycles. The molecule has 0 spiro atoms. The fraction of sp³-hybridized carbons (Fsp3) is 0.667. The summed E-state index contributed by atoms with van der Waals surface area (Å²) < 4.78 is 16.3. The van der Waals surface area contributed by atoms with Crippen molar-refractivity contribution in [2.75, 3.05) is 47.5 Å². The van der Waals surface area contributed by atoms with Crippen molar-refractivity contribution in [1.29, 1.82) is 0 Å². The number of carbonyl (C=O) groups is 1. The van der Waals surface area contributed by atoms with E-state index in [0.717, 1.165) is 19.5 Å². The lowest BCUT2D eigenvalue weighted by atomic mass is 9.84. The van der Waals surface area contributed by atoms with Gasteiger partial charge in [-0.1, -0.05) is 6.92 Å². The Kier molecular flexibility index (Phi) is 8.72. The first-order valence-electron chi connectivity index (χ1n) is 9.84. The number of methoxy groups -OCH3 is 2. The predicted octanol–water partition coefficient (Wildman–Crippen LogP) is 2.96. The summed E-state index contributed by atoms with van der Waals surface area (Å²) in [6.45, 7) is 5.59. The van der Waals surface area contributed by atoms with Gasteiger partial charge in [-0.15, -0.1) is 0 Å². The van der Waals surface area contributed by atoms with Crippen molar-refractivity contribution < 1.29 is 19.0 Å². The number of nitrogens with one attached hydrogen (secondary N) is 1. The summed E-state index contributed by atoms with van der Waals surface area (Å²) in [4.78, 5) is 14.3. The maximum absolute atomic E-state index is 12.5. The van der Waals surface area contributed by atoms with Crippen molar-refractivity contribution in [1.82, 2.24) is 10.2 Å². The van der Waals surface area contributed by atoms with Gasteiger partial charge >= 0.3 is 0 Å². The van der Waals surface area contributed by atoms with Crippen LogP contribution in [0.15, 0.2) is 18.2 Å². The highest BCUT2D eigenvalue weighted by atomic mass is 16.5. The molecule has 1 aromatic rings. The highest BCUT2D eigenvalue weighted by Gasteiger charge is 2.23. The van der Waals surface area contributed by atoms with E-state index >= 15 is 0 Å². The van der Waals surface area contributed by atoms with Gasteiger partial charge in [0.2, 0.25) is 5.91 Å². The van der Waals surface area contributed by atoms with Crippen molar-refractivity contribution in [3.05, 3.63) is 18.2 Å². The second kappa shape index (κ2) is 11.0. The molecular weight excluding hydrogens is 344 g/mol. The first-order valence-corrected chi connectivity index (χ1v) is 9.84. The quantitative estimate of drug-likeness (QED) is 0.634. The van der Waals surface area contributed by atoms with Crippen LogP contribution in [0.25, 0.3) is 0 Å². The van der Waals surface area contributed by atoms with Gasteiger partial charge < -0.3 is 24.4 Å². The molecule has 1 fully saturated rings. The maximum atomic E-state index is 12.5. The van der Waals surface area contributed by atoms with E-state index in [-0.39, 0.29) is 5.91 Å². The standard InChI is InChI=1S/C21H34N2O4/c1-16(17-6-8-22-9-7-17)12-21(24)23(2)10-5-11-27-20-14-18(25-3)13-19(15-20)26-4/h13-17,22H,5-12H2,1-4H3. The summed E-state index contributed by atoms with van der Waals surface area (Å²) in [5.74, 6) is 3.44. The third kappa shape index (κ3) is 6.94. The van der Waals surface area contributed by atoms with Crippen LogP contribution in [0.4, 0.5) is 0 Å². The molecule has 1 saturated heterocycles. The minimum atomic E-state index is 0.226. The molecule has 2 rings (SSSR count). The van der Waals surface area contributed by atoms with Crippen LogP contribution in [0.1, 0.15) is 32.6 Å². The van der Waals surface area contributed by atoms with Crippen LogP contribution in [0.5, 0.6) is 17.2 Å². The molecule has 6 heteroatoms. The monoisotopic (exact) mass is 378 g/mol. The molecule has 0 saturated carbocycles. The molecule has 27 heavy (non-hydrogen) atoms. The first kappa shape index (κ1) is 21.4. The zero-order valence-electron chi connectivity index (χ0n) is 17.1. The van der Waals surface area contributed by atoms with Gasteiger partial charge in [0, 0.05) is 38.2 Å². The lowest BCUT2D eigenvalue weighted by Gasteiger charge is -2.29. The lowest BCUT2D eigenvalue weighted by molar-refractivity contribution is -0.131. The maximum Gasteiger partial charge on any atom is 0.222 e. The Morgan fingerprint density at radius 2 is 1.74 bits per heavy atom. The van der Waals surface area contributed by atoms with Crippen molar-refractivity contribution in [3.63, 3.8) is 0 Å². The lowest BCUT2D eigenvalue weighted by Crippen LogP contribution is -2.34. The molecule has 152 valence electrons. The number of benzene rings is 1. The third-order valence-electron chi connectivity index (χ3n) is 5.34. The van der Waals surface area contributed by atoms with Crippen LogP contribution in [0.3, 0.4) is 0 Å². The van der Waals surface area contributed by atoms with Gasteiger partial charge in [-0.05, 0) is 44.2 Å². The molecule has 1 aliphatic rings. The number of carbonyl (C=O) groups excluding carboxylic acids is 1. The summed E-state index contributed by atoms with van der Waals surface area (Å²) >= 11 is 0. The molecule has 1 aliphatic heterocycles. The summed E-state index contributed by atoms with van der Waals surface area (Å²) in [6.07, 6.45) is 3.77. The van der Waals surface area contributed by atoms with Gasteiger partial charge in [-0.2, -0.15) is 0 Å². The van der Waals surface area contributed by atoms with Crippen molar-refractivity contribution in [2.24, 2.45) is 11.8 Å². The molecule has 1 heterocycles. The molecule has 1 atom stereocenters. The van der Waals surface area contributed by atoms with E-state index in [2.05, 4.69) is 12.2 Å². The van der Waals surface area contributed by atoms with Crippen LogP contribution < -0.4 is 19.5 Å². The van der Waals surface area contributed by atoms with Crippen LogP contribution in [0.2, 0.25) is 0 Å². The predicted molar refractivity (Wildman–Crippen MR) is 107 cm³/mol. The van der Waals surface area contributed by atoms with Gasteiger partial charge in [0.1, 0.15) is 17.2 Å². The Morgan fingerprint density at radius 1 is 1.15 bits per heavy atom. The van der Waals surface area contributed by atoms with E-state index in [4.69, 9.17) is 14.2 Å². The molecule has 6 nitrogen and oxygen atoms in total. The largest absolute Gasteiger partial charge is 0.496 e. The Hall–Kier alpha value is -1.95. The Labute approximate surface area is 163 Å². The number of hydrogen-bond acceptors (Lipinski definition) is 5. The van der Waals surface area contributed by atoms with E-state index in [9.17, 15) is 4.79 Å². The second-order valence-corrected chi connectivity index (χ2v) is 7.33. The fourth-order valence-electron chi connectivity index (χ4n) is 3.49. The van der Waals surface area contributed by atoms with Crippen molar-refractivity contribution >= 4 is 5.91 Å². The molecule has 1 unspecified atom stereocenters. The molecule has 1 aromatic carbocycles. The van der Waals surface area contributed by atoms with Crippen LogP contribution in [-0.4, -0.2) is 58.3 Å². The van der Waals surface area contributed by atoms with Crippen LogP contribution >= 0.6 is 0 Å². The number of piperidine rings is 1. The van der Waals surface area contributed by atoms with Crippen LogP contribution in [-0.2, 0) is 4.79 Å². The molecule has 0 bridgehead atoms. The minimum absolute atomic E-state index is 0.226. The Morgan fingerprint density at radius 3 is 2.33 bits per heavy atom. The van der Waals surface area contributed by atoms with E-state index in [1.54, 1.807) is 14.2 Å². The Balaban J connectivity index is 1.70. The van der Waals surface area contributed by atoms with Gasteiger partial charge in [-0.25, -0.2) is 0 Å². The number of amides is 1. The highest BCUT2D eigenvalue weighted by Crippen LogP contribution is 2.27. The Bertz CT molecular complexity index is 565. The van der Waals surface area contributed by atoms with Crippen molar-refractivity contribution in [2.45, 2.75) is 32.6 Å². The topological polar surface area (TPSA) is 60.0 Å². The number of ether oxygens (including phenoxy) is 3. The highest BCUT2D eigenvalue weighted by molar-refractivity contribution is 5.76. The minimum Gasteiger partial charge on any atom is -0.496 e. The molecular formula is C21H34N2O4. The zero-order valence-corrected chi connectivity index (χ0v) is 17.1. The normalized spacial score (nSPS) is 15.9. The average molecular weight is 379 g/mol. The van der Waals surface area contributed by atoms with Crippen LogP contribution in [0, 0.1) is 11.8 Å². The fourth-order valence-corrected chi connectivity index (χ4v) is 3.49. The van der Waals surface area contributed by atoms with E-state index in [1.807, 2.05) is 30.1 Å². The van der Waals surface area contributed by atoms with Gasteiger partial charge in [0.05, 0.1) is 20.8 Å². The average Bonchev–Trinajstić information content (AvgIpc) is 2.71. The summed E-state index contributed by atoms with van der Waals surface area (Å²) in [5.41, 5.74) is 0. The molecule has 0 aromatic heterocycles. The SMILES string of the molecule is COc1cc(OC)cc(OCCCN(C)C(=O)CC(C)C2CCNCC2)c1. The van der Waals surface area contributed by atoms with Gasteiger partial charge in [0.15, 0.2) is 0 Å². The van der Waals surface area contributed by atoms with E-state index in [0.29, 0.717) is 48.7 Å². The van der Waals surface area contributed by atoms with Gasteiger partial charge in [-0.3, -0.25) is 4.79 Å². The first-order chi connectivity index (χ1) is 13.0. The van der Waals surface area contributed by atoms with E-state index in [1.165, 1.54) is 12.8 Å². The summed E-state index contributed by atoms with van der Waals surface area (Å²) in [6, 6.07) is 5.47. The summed E-state index contributed by atoms with van der Waals surface area (Å²) in [5, 5.41) is 3.38. The zero-order chi connectivity index (χ0) is 19.6. The summed E-state index contributed by atoms with van der Waals surface area (Å²) in [7, 11) is 5.11. The smallest absolute Gasteiger partial charge is 0.222 e. The number of nitrogens with zero attached hydrogens (tertiary/aromatic N) is 1. The second-order valence-electron chi connectivity index (χ2n) is 7.33. The van der Waals surface area contributed by atoms with E-state index < -0.39 is 0 Å². The third-order valence-corrected chi connectivity index (χ3v) is 5.34. The number of hydrogen-bond donors (Lipinski definition) is 1.